The molecule has 0 radical (unpaired) electrons. The molecule has 0 aliphatic carbocycles. The number of nitrogens with two attached hydrogens (primary N) is 1. The van der Waals surface area contributed by atoms with Crippen LogP contribution in [0, 0.1) is 0 Å². The normalized spacial score (nSPS) is 41.6. The zero-order valence-corrected chi connectivity index (χ0v) is 10.3. The first-order valence-electron chi connectivity index (χ1n) is 6.59. The van der Waals surface area contributed by atoms with Crippen LogP contribution in [-0.2, 0) is 11.1 Å². The molecule has 1 aromatic carbocycles. The molecule has 0 spiro atoms. The molecule has 6 nitrogen and oxygen atoms in total. The maximum atomic E-state index is 10.5. The molecule has 106 valence electrons. The molecule has 6 heteroatoms. The first-order valence-corrected chi connectivity index (χ1v) is 6.01. The lowest BCUT2D eigenvalue weighted by molar-refractivity contribution is -0.313. The van der Waals surface area contributed by atoms with Crippen LogP contribution in [0.4, 0.5) is 0 Å². The second-order valence-corrected chi connectivity index (χ2v) is 4.65. The summed E-state index contributed by atoms with van der Waals surface area (Å²) in [6.45, 7) is -0.602. The maximum Gasteiger partial charge on any atom is 0.188 e. The summed E-state index contributed by atoms with van der Waals surface area (Å²) >= 11 is 0. The highest BCUT2D eigenvalue weighted by Crippen LogP contribution is 2.29. The van der Waals surface area contributed by atoms with Crippen molar-refractivity contribution >= 4 is 0 Å². The van der Waals surface area contributed by atoms with Gasteiger partial charge in [0.05, 0.1) is 12.6 Å². The van der Waals surface area contributed by atoms with Gasteiger partial charge in [0.25, 0.3) is 0 Å². The van der Waals surface area contributed by atoms with E-state index in [1.165, 1.54) is 0 Å². The second-order valence-electron chi connectivity index (χ2n) is 4.65. The quantitative estimate of drug-likeness (QED) is 0.450. The van der Waals surface area contributed by atoms with Crippen LogP contribution in [0.3, 0.4) is 0 Å². The highest BCUT2D eigenvalue weighted by molar-refractivity contribution is 5.18. The smallest absolute Gasteiger partial charge is 0.188 e. The Kier molecular flexibility index (Phi) is 3.79. The molecular formula is C13H19NO5. The van der Waals surface area contributed by atoms with Gasteiger partial charge in [0.2, 0.25) is 0 Å². The molecule has 1 aliphatic rings. The minimum Gasteiger partial charge on any atom is -0.394 e. The van der Waals surface area contributed by atoms with Crippen molar-refractivity contribution in [1.82, 2.24) is 0 Å². The zero-order chi connectivity index (χ0) is 14.9. The van der Waals surface area contributed by atoms with Crippen LogP contribution < -0.4 is 5.73 Å². The summed E-state index contributed by atoms with van der Waals surface area (Å²) in [5, 5.41) is 39.3. The molecule has 1 heterocycles. The van der Waals surface area contributed by atoms with Crippen molar-refractivity contribution < 1.29 is 26.5 Å². The van der Waals surface area contributed by atoms with Crippen LogP contribution in [0.1, 0.15) is 6.93 Å². The van der Waals surface area contributed by atoms with Crippen LogP contribution in [0.2, 0.25) is 0 Å². The van der Waals surface area contributed by atoms with Crippen molar-refractivity contribution in [2.45, 2.75) is 36.5 Å². The summed E-state index contributed by atoms with van der Waals surface area (Å²) in [6.07, 6.45) is -5.40. The van der Waals surface area contributed by atoms with Crippen molar-refractivity contribution in [1.29, 1.82) is 0 Å². The van der Waals surface area contributed by atoms with Gasteiger partial charge in [0.15, 0.2) is 5.79 Å². The third-order valence-corrected chi connectivity index (χ3v) is 3.27. The Hall–Kier alpha value is -1.02. The van der Waals surface area contributed by atoms with Crippen LogP contribution in [0.15, 0.2) is 30.3 Å². The van der Waals surface area contributed by atoms with E-state index in [4.69, 9.17) is 16.9 Å². The van der Waals surface area contributed by atoms with Crippen molar-refractivity contribution in [2.75, 3.05) is 6.61 Å². The lowest BCUT2D eigenvalue weighted by atomic mass is 9.87. The van der Waals surface area contributed by atoms with Crippen molar-refractivity contribution in [3.63, 3.8) is 0 Å². The molecule has 6 atom stereocenters. The van der Waals surface area contributed by atoms with Gasteiger partial charge in [-0.15, -0.1) is 0 Å². The van der Waals surface area contributed by atoms with Crippen LogP contribution in [-0.4, -0.2) is 57.2 Å². The van der Waals surface area contributed by atoms with Gasteiger partial charge in [-0.2, -0.15) is 0 Å². The topological polar surface area (TPSA) is 116 Å². The minimum atomic E-state index is -2.20. The number of aliphatic hydroxyl groups excluding tert-OH is 3. The van der Waals surface area contributed by atoms with Gasteiger partial charge >= 0.3 is 0 Å². The third kappa shape index (κ3) is 2.79. The fourth-order valence-corrected chi connectivity index (χ4v) is 2.13. The van der Waals surface area contributed by atoms with E-state index in [-0.39, 0.29) is 0 Å². The number of hydrogen-bond donors (Lipinski definition) is 5. The van der Waals surface area contributed by atoms with E-state index in [9.17, 15) is 15.3 Å². The fourth-order valence-electron chi connectivity index (χ4n) is 2.13. The SMILES string of the molecule is [2H]C(c1ccccc1)C1(O)O[C@H](CO)[C@@H](O)[C@H](O)[C@@H]1N. The molecular weight excluding hydrogens is 250 g/mol. The predicted molar refractivity (Wildman–Crippen MR) is 67.0 cm³/mol. The molecule has 0 bridgehead atoms. The lowest BCUT2D eigenvalue weighted by Gasteiger charge is -2.46. The van der Waals surface area contributed by atoms with Gasteiger partial charge in [-0.1, -0.05) is 30.3 Å². The average Bonchev–Trinajstić information content (AvgIpc) is 2.49. The Balaban J connectivity index is 2.32. The van der Waals surface area contributed by atoms with E-state index in [0.29, 0.717) is 5.56 Å². The molecule has 19 heavy (non-hydrogen) atoms. The van der Waals surface area contributed by atoms with Gasteiger partial charge in [0, 0.05) is 7.77 Å². The van der Waals surface area contributed by atoms with E-state index in [0.717, 1.165) is 0 Å². The van der Waals surface area contributed by atoms with Crippen LogP contribution in [0.5, 0.6) is 0 Å². The van der Waals surface area contributed by atoms with Crippen molar-refractivity contribution in [3.05, 3.63) is 35.9 Å². The molecule has 1 aromatic rings. The number of ether oxygens (including phenoxy) is 1. The van der Waals surface area contributed by atoms with Crippen LogP contribution >= 0.6 is 0 Å². The molecule has 2 unspecified atom stereocenters. The number of rotatable bonds is 3. The van der Waals surface area contributed by atoms with E-state index < -0.39 is 43.1 Å². The van der Waals surface area contributed by atoms with E-state index in [1.54, 1.807) is 30.3 Å². The Morgan fingerprint density at radius 3 is 2.47 bits per heavy atom. The Labute approximate surface area is 112 Å². The lowest BCUT2D eigenvalue weighted by Crippen LogP contribution is -2.69. The molecule has 0 saturated carbocycles. The predicted octanol–water partition coefficient (Wildman–Crippen LogP) is -1.64. The van der Waals surface area contributed by atoms with Crippen molar-refractivity contribution in [3.8, 4) is 0 Å². The summed E-state index contributed by atoms with van der Waals surface area (Å²) in [5.41, 5.74) is 6.17. The first-order chi connectivity index (χ1) is 9.41. The summed E-state index contributed by atoms with van der Waals surface area (Å²) < 4.78 is 13.3. The van der Waals surface area contributed by atoms with Gasteiger partial charge in [-0.25, -0.2) is 0 Å². The number of hydrogen-bond acceptors (Lipinski definition) is 6. The Bertz CT molecular complexity index is 446. The average molecular weight is 270 g/mol. The second kappa shape index (κ2) is 5.54. The van der Waals surface area contributed by atoms with E-state index in [2.05, 4.69) is 0 Å². The number of aliphatic hydroxyl groups is 4. The minimum absolute atomic E-state index is 0.450. The molecule has 2 rings (SSSR count). The summed E-state index contributed by atoms with van der Waals surface area (Å²) in [4.78, 5) is 0. The van der Waals surface area contributed by atoms with Gasteiger partial charge < -0.3 is 30.9 Å². The highest BCUT2D eigenvalue weighted by Gasteiger charge is 2.51. The van der Waals surface area contributed by atoms with Gasteiger partial charge in [-0.05, 0) is 5.56 Å². The monoisotopic (exact) mass is 270 g/mol. The van der Waals surface area contributed by atoms with Gasteiger partial charge in [-0.3, -0.25) is 0 Å². The molecule has 1 fully saturated rings. The largest absolute Gasteiger partial charge is 0.394 e. The zero-order valence-electron chi connectivity index (χ0n) is 11.3. The fraction of sp³-hybridized carbons (Fsp3) is 0.538. The molecule has 1 saturated heterocycles. The Morgan fingerprint density at radius 1 is 1.26 bits per heavy atom. The van der Waals surface area contributed by atoms with Crippen LogP contribution in [0.25, 0.3) is 0 Å². The Morgan fingerprint density at radius 2 is 1.89 bits per heavy atom. The molecule has 0 aromatic heterocycles. The summed E-state index contributed by atoms with van der Waals surface area (Å²) in [5.74, 6) is -2.20. The standard InChI is InChI=1S/C13H19NO5/c14-12-11(17)10(16)9(7-15)19-13(12,18)6-8-4-2-1-3-5-8/h1-5,9-12,15-18H,6-7,14H2/t9-,10-,11+,12+,13?/m1/s1/i6D/t6?,9-,10-,11+,12+,13?. The molecule has 6 N–H and O–H groups in total. The molecule has 1 aliphatic heterocycles. The van der Waals surface area contributed by atoms with E-state index in [1.807, 2.05) is 0 Å². The van der Waals surface area contributed by atoms with E-state index >= 15 is 0 Å². The maximum absolute atomic E-state index is 10.5. The van der Waals surface area contributed by atoms with Gasteiger partial charge in [0.1, 0.15) is 18.3 Å². The summed E-state index contributed by atoms with van der Waals surface area (Å²) in [6, 6.07) is 7.03. The highest BCUT2D eigenvalue weighted by atomic mass is 16.6. The third-order valence-electron chi connectivity index (χ3n) is 3.27. The van der Waals surface area contributed by atoms with Crippen molar-refractivity contribution in [2.24, 2.45) is 5.73 Å². The summed E-state index contributed by atoms with van der Waals surface area (Å²) in [7, 11) is 0. The number of benzene rings is 1. The molecule has 0 amide bonds. The first kappa shape index (κ1) is 13.0.